The number of aryl methyl sites for hydroxylation is 1. The van der Waals surface area contributed by atoms with Gasteiger partial charge in [-0.25, -0.2) is 9.97 Å². The maximum atomic E-state index is 4.32. The van der Waals surface area contributed by atoms with Crippen LogP contribution in [-0.2, 0) is 13.0 Å². The number of thiazole rings is 1. The molecule has 2 N–H and O–H groups in total. The molecular formula is C10H15N5S. The normalized spacial score (nSPS) is 12.9. The van der Waals surface area contributed by atoms with Crippen molar-refractivity contribution in [2.45, 2.75) is 32.9 Å². The summed E-state index contributed by atoms with van der Waals surface area (Å²) in [5.41, 5.74) is 0. The van der Waals surface area contributed by atoms with Crippen LogP contribution in [0.4, 0.5) is 0 Å². The third-order valence-corrected chi connectivity index (χ3v) is 3.47. The summed E-state index contributed by atoms with van der Waals surface area (Å²) in [5.74, 6) is 0.861. The summed E-state index contributed by atoms with van der Waals surface area (Å²) in [6.07, 6.45) is 4.46. The molecule has 0 aliphatic rings. The first-order valence-corrected chi connectivity index (χ1v) is 6.13. The molecular weight excluding hydrogens is 222 g/mol. The Balaban J connectivity index is 1.87. The molecule has 0 saturated carbocycles. The van der Waals surface area contributed by atoms with Gasteiger partial charge in [-0.1, -0.05) is 6.92 Å². The molecule has 2 rings (SSSR count). The fraction of sp³-hybridized carbons (Fsp3) is 0.500. The molecule has 0 aliphatic carbocycles. The van der Waals surface area contributed by atoms with Crippen LogP contribution in [-0.4, -0.2) is 20.2 Å². The third-order valence-electron chi connectivity index (χ3n) is 2.33. The monoisotopic (exact) mass is 237 g/mol. The number of H-pyrrole nitrogens is 1. The van der Waals surface area contributed by atoms with Crippen LogP contribution in [0.3, 0.4) is 0 Å². The summed E-state index contributed by atoms with van der Waals surface area (Å²) in [4.78, 5) is 9.68. The van der Waals surface area contributed by atoms with Gasteiger partial charge < -0.3 is 5.32 Å². The van der Waals surface area contributed by atoms with Crippen molar-refractivity contribution in [2.75, 3.05) is 0 Å². The van der Waals surface area contributed by atoms with E-state index in [1.807, 2.05) is 6.20 Å². The molecule has 0 bridgehead atoms. The second-order valence-corrected chi connectivity index (χ2v) is 4.75. The summed E-state index contributed by atoms with van der Waals surface area (Å²) in [6.45, 7) is 5.00. The fourth-order valence-electron chi connectivity index (χ4n) is 1.37. The first kappa shape index (κ1) is 11.2. The molecule has 0 amide bonds. The summed E-state index contributed by atoms with van der Waals surface area (Å²) in [5, 5.41) is 11.2. The van der Waals surface area contributed by atoms with Gasteiger partial charge in [0.25, 0.3) is 0 Å². The van der Waals surface area contributed by atoms with E-state index in [2.05, 4.69) is 39.3 Å². The second kappa shape index (κ2) is 5.18. The number of nitrogens with one attached hydrogen (secondary N) is 2. The van der Waals surface area contributed by atoms with Crippen molar-refractivity contribution in [2.24, 2.45) is 0 Å². The summed E-state index contributed by atoms with van der Waals surface area (Å²) < 4.78 is 0. The number of hydrogen-bond acceptors (Lipinski definition) is 5. The van der Waals surface area contributed by atoms with Crippen molar-refractivity contribution in [1.82, 2.24) is 25.5 Å². The SMILES string of the molecule is CCc1ncc(CNC(C)c2ncn[nH]2)s1. The lowest BCUT2D eigenvalue weighted by atomic mass is 10.3. The second-order valence-electron chi connectivity index (χ2n) is 3.55. The van der Waals surface area contributed by atoms with Crippen LogP contribution in [0.2, 0.25) is 0 Å². The molecule has 6 heteroatoms. The van der Waals surface area contributed by atoms with Crippen molar-refractivity contribution >= 4 is 11.3 Å². The van der Waals surface area contributed by atoms with E-state index in [1.165, 1.54) is 16.2 Å². The largest absolute Gasteiger partial charge is 0.303 e. The molecule has 0 saturated heterocycles. The van der Waals surface area contributed by atoms with Crippen LogP contribution in [0.25, 0.3) is 0 Å². The van der Waals surface area contributed by atoms with Gasteiger partial charge in [-0.3, -0.25) is 5.10 Å². The molecule has 1 unspecified atom stereocenters. The summed E-state index contributed by atoms with van der Waals surface area (Å²) in [7, 11) is 0. The topological polar surface area (TPSA) is 66.5 Å². The van der Waals surface area contributed by atoms with Gasteiger partial charge in [0.05, 0.1) is 11.0 Å². The fourth-order valence-corrected chi connectivity index (χ4v) is 2.18. The van der Waals surface area contributed by atoms with Gasteiger partial charge in [0, 0.05) is 17.6 Å². The number of nitrogens with zero attached hydrogens (tertiary/aromatic N) is 3. The van der Waals surface area contributed by atoms with Gasteiger partial charge in [0.2, 0.25) is 0 Å². The molecule has 16 heavy (non-hydrogen) atoms. The van der Waals surface area contributed by atoms with Gasteiger partial charge in [0.15, 0.2) is 0 Å². The van der Waals surface area contributed by atoms with Crippen molar-refractivity contribution in [1.29, 1.82) is 0 Å². The third kappa shape index (κ3) is 2.65. The number of aromatic nitrogens is 4. The van der Waals surface area contributed by atoms with Gasteiger partial charge in [-0.05, 0) is 13.3 Å². The van der Waals surface area contributed by atoms with Crippen molar-refractivity contribution in [3.05, 3.63) is 28.2 Å². The Kier molecular flexibility index (Phi) is 3.63. The lowest BCUT2D eigenvalue weighted by molar-refractivity contribution is 0.551. The van der Waals surface area contributed by atoms with Crippen molar-refractivity contribution in [3.8, 4) is 0 Å². The molecule has 5 nitrogen and oxygen atoms in total. The van der Waals surface area contributed by atoms with Crippen LogP contribution in [0.15, 0.2) is 12.5 Å². The lowest BCUT2D eigenvalue weighted by Gasteiger charge is -2.08. The highest BCUT2D eigenvalue weighted by atomic mass is 32.1. The predicted octanol–water partition coefficient (Wildman–Crippen LogP) is 1.67. The zero-order valence-corrected chi connectivity index (χ0v) is 10.2. The standard InChI is InChI=1S/C10H15N5S/c1-3-9-12-5-8(16-9)4-11-7(2)10-13-6-14-15-10/h5-7,11H,3-4H2,1-2H3,(H,13,14,15). The molecule has 1 atom stereocenters. The average Bonchev–Trinajstić information content (AvgIpc) is 2.96. The van der Waals surface area contributed by atoms with Crippen LogP contribution in [0.1, 0.15) is 35.6 Å². The smallest absolute Gasteiger partial charge is 0.141 e. The molecule has 86 valence electrons. The Morgan fingerprint density at radius 3 is 3.00 bits per heavy atom. The molecule has 0 aliphatic heterocycles. The maximum absolute atomic E-state index is 4.32. The van der Waals surface area contributed by atoms with E-state index in [1.54, 1.807) is 11.3 Å². The zero-order valence-electron chi connectivity index (χ0n) is 9.40. The Morgan fingerprint density at radius 2 is 2.38 bits per heavy atom. The number of aromatic amines is 1. The Labute approximate surface area is 98.3 Å². The molecule has 0 spiro atoms. The minimum atomic E-state index is 0.176. The van der Waals surface area contributed by atoms with E-state index in [4.69, 9.17) is 0 Å². The summed E-state index contributed by atoms with van der Waals surface area (Å²) in [6, 6.07) is 0.176. The number of rotatable bonds is 5. The Bertz CT molecular complexity index is 422. The van der Waals surface area contributed by atoms with Gasteiger partial charge in [-0.2, -0.15) is 5.10 Å². The van der Waals surface area contributed by atoms with Crippen LogP contribution in [0, 0.1) is 0 Å². The predicted molar refractivity (Wildman–Crippen MR) is 63.1 cm³/mol. The quantitative estimate of drug-likeness (QED) is 0.830. The molecule has 0 radical (unpaired) electrons. The van der Waals surface area contributed by atoms with Gasteiger partial charge in [-0.15, -0.1) is 11.3 Å². The molecule has 2 heterocycles. The minimum absolute atomic E-state index is 0.176. The van der Waals surface area contributed by atoms with E-state index in [0.717, 1.165) is 18.8 Å². The highest BCUT2D eigenvalue weighted by molar-refractivity contribution is 7.11. The first-order chi connectivity index (χ1) is 7.79. The van der Waals surface area contributed by atoms with E-state index >= 15 is 0 Å². The molecule has 0 aromatic carbocycles. The summed E-state index contributed by atoms with van der Waals surface area (Å²) >= 11 is 1.75. The lowest BCUT2D eigenvalue weighted by Crippen LogP contribution is -2.18. The highest BCUT2D eigenvalue weighted by Gasteiger charge is 2.08. The van der Waals surface area contributed by atoms with Crippen LogP contribution >= 0.6 is 11.3 Å². The van der Waals surface area contributed by atoms with Crippen LogP contribution in [0.5, 0.6) is 0 Å². The molecule has 2 aromatic heterocycles. The number of hydrogen-bond donors (Lipinski definition) is 2. The Hall–Kier alpha value is -1.27. The average molecular weight is 237 g/mol. The van der Waals surface area contributed by atoms with Gasteiger partial charge in [0.1, 0.15) is 12.2 Å². The van der Waals surface area contributed by atoms with E-state index in [9.17, 15) is 0 Å². The van der Waals surface area contributed by atoms with Crippen molar-refractivity contribution in [3.63, 3.8) is 0 Å². The van der Waals surface area contributed by atoms with E-state index in [0.29, 0.717) is 0 Å². The van der Waals surface area contributed by atoms with Crippen LogP contribution < -0.4 is 5.32 Å². The van der Waals surface area contributed by atoms with E-state index < -0.39 is 0 Å². The highest BCUT2D eigenvalue weighted by Crippen LogP contribution is 2.14. The van der Waals surface area contributed by atoms with Gasteiger partial charge >= 0.3 is 0 Å². The Morgan fingerprint density at radius 1 is 1.50 bits per heavy atom. The molecule has 0 fully saturated rings. The van der Waals surface area contributed by atoms with Crippen molar-refractivity contribution < 1.29 is 0 Å². The minimum Gasteiger partial charge on any atom is -0.303 e. The first-order valence-electron chi connectivity index (χ1n) is 5.31. The maximum Gasteiger partial charge on any atom is 0.141 e. The zero-order chi connectivity index (χ0) is 11.4. The van der Waals surface area contributed by atoms with E-state index in [-0.39, 0.29) is 6.04 Å². The molecule has 2 aromatic rings.